The molecular formula is C13H14O. The van der Waals surface area contributed by atoms with E-state index in [1.54, 1.807) is 0 Å². The average molecular weight is 186 g/mol. The quantitative estimate of drug-likeness (QED) is 0.669. The lowest BCUT2D eigenvalue weighted by Crippen LogP contribution is -2.13. The van der Waals surface area contributed by atoms with Crippen molar-refractivity contribution in [2.45, 2.75) is 19.4 Å². The maximum absolute atomic E-state index is 9.95. The zero-order chi connectivity index (χ0) is 9.97. The zero-order valence-electron chi connectivity index (χ0n) is 8.27. The van der Waals surface area contributed by atoms with Crippen molar-refractivity contribution in [3.63, 3.8) is 0 Å². The Hall–Kier alpha value is -1.34. The minimum absolute atomic E-state index is 0.425. The third kappa shape index (κ3) is 1.64. The summed E-state index contributed by atoms with van der Waals surface area (Å²) >= 11 is 0. The van der Waals surface area contributed by atoms with Gasteiger partial charge in [0, 0.05) is 0 Å². The summed E-state index contributed by atoms with van der Waals surface area (Å²) in [7, 11) is 0. The van der Waals surface area contributed by atoms with Crippen molar-refractivity contribution in [1.29, 1.82) is 0 Å². The molecule has 2 rings (SSSR count). The smallest absolute Gasteiger partial charge is 0.100 e. The Morgan fingerprint density at radius 2 is 1.86 bits per heavy atom. The van der Waals surface area contributed by atoms with Crippen LogP contribution in [-0.2, 0) is 0 Å². The summed E-state index contributed by atoms with van der Waals surface area (Å²) < 4.78 is 0. The Labute approximate surface area is 84.4 Å². The van der Waals surface area contributed by atoms with E-state index in [0.717, 1.165) is 23.1 Å². The second-order valence-corrected chi connectivity index (χ2v) is 3.61. The molecule has 0 aliphatic heterocycles. The standard InChI is InChI=1S/C13H14O/c1-10-6-5-9-12(13(10)14)11-7-3-2-4-8-11/h2-4,6-9,13-14H,5H2,1H3. The first-order chi connectivity index (χ1) is 6.79. The summed E-state index contributed by atoms with van der Waals surface area (Å²) in [6.45, 7) is 1.97. The molecule has 72 valence electrons. The van der Waals surface area contributed by atoms with Gasteiger partial charge in [-0.2, -0.15) is 0 Å². The molecule has 0 spiro atoms. The van der Waals surface area contributed by atoms with Crippen molar-refractivity contribution in [1.82, 2.24) is 0 Å². The summed E-state index contributed by atoms with van der Waals surface area (Å²) in [4.78, 5) is 0. The number of benzene rings is 1. The molecule has 0 aromatic heterocycles. The van der Waals surface area contributed by atoms with E-state index in [9.17, 15) is 5.11 Å². The van der Waals surface area contributed by atoms with E-state index in [-0.39, 0.29) is 0 Å². The monoisotopic (exact) mass is 186 g/mol. The van der Waals surface area contributed by atoms with E-state index in [0.29, 0.717) is 0 Å². The van der Waals surface area contributed by atoms with Crippen molar-refractivity contribution in [2.75, 3.05) is 0 Å². The van der Waals surface area contributed by atoms with E-state index >= 15 is 0 Å². The van der Waals surface area contributed by atoms with Gasteiger partial charge in [-0.1, -0.05) is 42.5 Å². The van der Waals surface area contributed by atoms with Crippen LogP contribution in [0.3, 0.4) is 0 Å². The summed E-state index contributed by atoms with van der Waals surface area (Å²) in [5.41, 5.74) is 3.20. The van der Waals surface area contributed by atoms with Gasteiger partial charge in [0.2, 0.25) is 0 Å². The molecule has 1 nitrogen and oxygen atoms in total. The van der Waals surface area contributed by atoms with Gasteiger partial charge in [-0.3, -0.25) is 0 Å². The largest absolute Gasteiger partial charge is 0.384 e. The molecular weight excluding hydrogens is 172 g/mol. The predicted molar refractivity (Wildman–Crippen MR) is 58.8 cm³/mol. The minimum Gasteiger partial charge on any atom is -0.384 e. The first-order valence-electron chi connectivity index (χ1n) is 4.89. The van der Waals surface area contributed by atoms with Crippen molar-refractivity contribution in [2.24, 2.45) is 0 Å². The highest BCUT2D eigenvalue weighted by atomic mass is 16.3. The molecule has 0 amide bonds. The molecule has 1 atom stereocenters. The third-order valence-electron chi connectivity index (χ3n) is 2.61. The van der Waals surface area contributed by atoms with Gasteiger partial charge in [0.05, 0.1) is 0 Å². The van der Waals surface area contributed by atoms with Gasteiger partial charge < -0.3 is 5.11 Å². The van der Waals surface area contributed by atoms with Gasteiger partial charge in [-0.15, -0.1) is 0 Å². The van der Waals surface area contributed by atoms with Crippen LogP contribution in [0.1, 0.15) is 18.9 Å². The Morgan fingerprint density at radius 1 is 1.14 bits per heavy atom. The van der Waals surface area contributed by atoms with Crippen LogP contribution < -0.4 is 0 Å². The molecule has 0 heterocycles. The molecule has 1 aromatic rings. The van der Waals surface area contributed by atoms with Crippen molar-refractivity contribution in [3.05, 3.63) is 53.6 Å². The topological polar surface area (TPSA) is 20.2 Å². The highest BCUT2D eigenvalue weighted by Crippen LogP contribution is 2.27. The van der Waals surface area contributed by atoms with Crippen LogP contribution in [0.15, 0.2) is 48.1 Å². The van der Waals surface area contributed by atoms with Gasteiger partial charge in [-0.25, -0.2) is 0 Å². The molecule has 1 N–H and O–H groups in total. The van der Waals surface area contributed by atoms with Crippen LogP contribution in [0, 0.1) is 0 Å². The fourth-order valence-electron chi connectivity index (χ4n) is 1.75. The molecule has 0 fully saturated rings. The van der Waals surface area contributed by atoms with Gasteiger partial charge in [-0.05, 0) is 30.1 Å². The lowest BCUT2D eigenvalue weighted by atomic mass is 9.91. The molecule has 1 aliphatic carbocycles. The van der Waals surface area contributed by atoms with Gasteiger partial charge in [0.1, 0.15) is 6.10 Å². The van der Waals surface area contributed by atoms with Gasteiger partial charge in [0.25, 0.3) is 0 Å². The predicted octanol–water partition coefficient (Wildman–Crippen LogP) is 2.78. The van der Waals surface area contributed by atoms with Crippen molar-refractivity contribution < 1.29 is 5.11 Å². The highest BCUT2D eigenvalue weighted by molar-refractivity contribution is 5.72. The van der Waals surface area contributed by atoms with Crippen molar-refractivity contribution in [3.8, 4) is 0 Å². The van der Waals surface area contributed by atoms with Crippen molar-refractivity contribution >= 4 is 5.57 Å². The summed E-state index contributed by atoms with van der Waals surface area (Å²) in [5, 5.41) is 9.95. The van der Waals surface area contributed by atoms with Crippen LogP contribution in [0.4, 0.5) is 0 Å². The average Bonchev–Trinajstić information content (AvgIpc) is 2.23. The number of aliphatic hydroxyl groups excluding tert-OH is 1. The van der Waals surface area contributed by atoms with E-state index in [1.165, 1.54) is 0 Å². The summed E-state index contributed by atoms with van der Waals surface area (Å²) in [6.07, 6.45) is 4.66. The molecule has 1 heteroatoms. The molecule has 1 unspecified atom stereocenters. The molecule has 0 radical (unpaired) electrons. The summed E-state index contributed by atoms with van der Waals surface area (Å²) in [6, 6.07) is 10.1. The highest BCUT2D eigenvalue weighted by Gasteiger charge is 2.16. The number of hydrogen-bond acceptors (Lipinski definition) is 1. The second kappa shape index (κ2) is 3.81. The first-order valence-corrected chi connectivity index (χ1v) is 4.89. The number of hydrogen-bond donors (Lipinski definition) is 1. The Balaban J connectivity index is 2.33. The van der Waals surface area contributed by atoms with E-state index in [4.69, 9.17) is 0 Å². The molecule has 0 bridgehead atoms. The fraction of sp³-hybridized carbons (Fsp3) is 0.231. The lowest BCUT2D eigenvalue weighted by Gasteiger charge is -2.19. The molecule has 14 heavy (non-hydrogen) atoms. The van der Waals surface area contributed by atoms with Crippen LogP contribution in [0.5, 0.6) is 0 Å². The zero-order valence-corrected chi connectivity index (χ0v) is 8.27. The lowest BCUT2D eigenvalue weighted by molar-refractivity contribution is 0.266. The first kappa shape index (κ1) is 9.22. The SMILES string of the molecule is CC1=CCC=C(c2ccccc2)C1O. The van der Waals surface area contributed by atoms with E-state index < -0.39 is 6.10 Å². The molecule has 0 saturated heterocycles. The molecule has 0 saturated carbocycles. The van der Waals surface area contributed by atoms with E-state index in [2.05, 4.69) is 12.2 Å². The normalized spacial score (nSPS) is 21.4. The Morgan fingerprint density at radius 3 is 2.57 bits per heavy atom. The van der Waals surface area contributed by atoms with Gasteiger partial charge in [0.15, 0.2) is 0 Å². The van der Waals surface area contributed by atoms with Crippen LogP contribution in [0.25, 0.3) is 5.57 Å². The molecule has 1 aliphatic rings. The van der Waals surface area contributed by atoms with Crippen LogP contribution in [0.2, 0.25) is 0 Å². The summed E-state index contributed by atoms with van der Waals surface area (Å²) in [5.74, 6) is 0. The van der Waals surface area contributed by atoms with Gasteiger partial charge >= 0.3 is 0 Å². The molecule has 1 aromatic carbocycles. The fourth-order valence-corrected chi connectivity index (χ4v) is 1.75. The number of rotatable bonds is 1. The Bertz CT molecular complexity index is 373. The maximum Gasteiger partial charge on any atom is 0.100 e. The second-order valence-electron chi connectivity index (χ2n) is 3.61. The number of aliphatic hydroxyl groups is 1. The van der Waals surface area contributed by atoms with Crippen LogP contribution in [-0.4, -0.2) is 11.2 Å². The van der Waals surface area contributed by atoms with E-state index in [1.807, 2.05) is 37.3 Å². The third-order valence-corrected chi connectivity index (χ3v) is 2.61. The van der Waals surface area contributed by atoms with Crippen LogP contribution >= 0.6 is 0 Å². The Kier molecular flexibility index (Phi) is 2.51. The number of allylic oxidation sites excluding steroid dienone is 2. The maximum atomic E-state index is 9.95. The minimum atomic E-state index is -0.425.